The van der Waals surface area contributed by atoms with Gasteiger partial charge in [0, 0.05) is 57.4 Å². The average molecular weight is 539 g/mol. The van der Waals surface area contributed by atoms with E-state index in [-0.39, 0.29) is 11.9 Å². The molecule has 3 rings (SSSR count). The minimum absolute atomic E-state index is 0.0216. The van der Waals surface area contributed by atoms with Gasteiger partial charge in [0.05, 0.1) is 7.11 Å². The highest BCUT2D eigenvalue weighted by Gasteiger charge is 2.35. The normalized spacial score (nSPS) is 20.8. The van der Waals surface area contributed by atoms with E-state index in [1.807, 2.05) is 36.9 Å². The van der Waals surface area contributed by atoms with E-state index >= 15 is 0 Å². The fourth-order valence-electron chi connectivity index (χ4n) is 5.28. The van der Waals surface area contributed by atoms with Gasteiger partial charge >= 0.3 is 12.1 Å². The van der Waals surface area contributed by atoms with Crippen molar-refractivity contribution in [2.45, 2.75) is 58.5 Å². The number of hydrazine groups is 1. The predicted octanol–water partition coefficient (Wildman–Crippen LogP) is 5.18. The van der Waals surface area contributed by atoms with Crippen LogP contribution >= 0.6 is 11.6 Å². The number of methoxy groups -OCH3 is 1. The summed E-state index contributed by atoms with van der Waals surface area (Å²) in [6.07, 6.45) is 5.00. The monoisotopic (exact) mass is 538 g/mol. The summed E-state index contributed by atoms with van der Waals surface area (Å²) >= 11 is 6.36. The molecule has 0 radical (unpaired) electrons. The zero-order valence-corrected chi connectivity index (χ0v) is 23.5. The first kappa shape index (κ1) is 29.5. The molecule has 2 unspecified atom stereocenters. The molecule has 2 aliphatic rings. The number of rotatable bonds is 10. The number of carbonyl (C=O) groups excluding carboxylic acids is 2. The summed E-state index contributed by atoms with van der Waals surface area (Å²) in [5, 5.41) is 3.55. The van der Waals surface area contributed by atoms with Crippen LogP contribution in [0, 0.1) is 18.8 Å². The number of aryl methyl sites for hydroxylation is 1. The summed E-state index contributed by atoms with van der Waals surface area (Å²) in [6.45, 7) is 7.70. The van der Waals surface area contributed by atoms with Gasteiger partial charge in [0.15, 0.2) is 0 Å². The smallest absolute Gasteiger partial charge is 0.433 e. The lowest BCUT2D eigenvalue weighted by molar-refractivity contribution is -0.193. The standard InChI is InChI=1S/C27H43ClN4O5/c1-5-32(27(34)35-4)37-25(24-17-23(28)13-12-20(24)2)22-11-7-14-30(18-22)26(33)31(29-3)15-6-9-21-10-8-16-36-19-21/h12-13,17,21-22,25,29H,5-11,14-16,18-19H2,1-4H3/t21?,22?,25-/m0/s1. The zero-order chi connectivity index (χ0) is 26.8. The molecule has 208 valence electrons. The molecular formula is C27H43ClN4O5. The fourth-order valence-corrected chi connectivity index (χ4v) is 5.46. The summed E-state index contributed by atoms with van der Waals surface area (Å²) in [5.74, 6) is 0.559. The largest absolute Gasteiger partial charge is 0.451 e. The molecule has 3 atom stereocenters. The maximum Gasteiger partial charge on any atom is 0.433 e. The fraction of sp³-hybridized carbons (Fsp3) is 0.704. The molecule has 1 N–H and O–H groups in total. The number of hydrogen-bond acceptors (Lipinski definition) is 6. The van der Waals surface area contributed by atoms with Crippen LogP contribution in [-0.2, 0) is 14.3 Å². The van der Waals surface area contributed by atoms with E-state index in [2.05, 4.69) is 5.43 Å². The summed E-state index contributed by atoms with van der Waals surface area (Å²) in [5.41, 5.74) is 5.01. The Kier molecular flexibility index (Phi) is 11.8. The Labute approximate surface area is 226 Å². The van der Waals surface area contributed by atoms with E-state index in [1.165, 1.54) is 18.6 Å². The van der Waals surface area contributed by atoms with Gasteiger partial charge in [-0.2, -0.15) is 5.06 Å². The molecule has 0 aromatic heterocycles. The van der Waals surface area contributed by atoms with Crippen LogP contribution in [0.5, 0.6) is 0 Å². The van der Waals surface area contributed by atoms with Crippen LogP contribution in [0.1, 0.15) is 62.7 Å². The molecule has 10 heteroatoms. The average Bonchev–Trinajstić information content (AvgIpc) is 2.93. The molecule has 3 amide bonds. The zero-order valence-electron chi connectivity index (χ0n) is 22.7. The Hall–Kier alpha value is -2.07. The second kappa shape index (κ2) is 14.8. The van der Waals surface area contributed by atoms with E-state index in [4.69, 9.17) is 25.9 Å². The van der Waals surface area contributed by atoms with E-state index in [0.29, 0.717) is 37.1 Å². The molecule has 9 nitrogen and oxygen atoms in total. The third-order valence-corrected chi connectivity index (χ3v) is 7.60. The van der Waals surface area contributed by atoms with Crippen LogP contribution in [-0.4, -0.2) is 80.6 Å². The van der Waals surface area contributed by atoms with Gasteiger partial charge in [0.25, 0.3) is 0 Å². The highest BCUT2D eigenvalue weighted by atomic mass is 35.5. The maximum absolute atomic E-state index is 13.5. The van der Waals surface area contributed by atoms with Gasteiger partial charge in [-0.25, -0.2) is 15.0 Å². The Morgan fingerprint density at radius 1 is 1.30 bits per heavy atom. The lowest BCUT2D eigenvalue weighted by Crippen LogP contribution is -2.52. The lowest BCUT2D eigenvalue weighted by Gasteiger charge is -2.40. The van der Waals surface area contributed by atoms with Crippen molar-refractivity contribution in [1.82, 2.24) is 20.4 Å². The topological polar surface area (TPSA) is 83.6 Å². The Bertz CT molecular complexity index is 882. The van der Waals surface area contributed by atoms with Gasteiger partial charge in [0.2, 0.25) is 0 Å². The Morgan fingerprint density at radius 2 is 2.11 bits per heavy atom. The Balaban J connectivity index is 1.71. The van der Waals surface area contributed by atoms with Gasteiger partial charge in [-0.15, -0.1) is 0 Å². The van der Waals surface area contributed by atoms with Gasteiger partial charge in [0.1, 0.15) is 6.10 Å². The van der Waals surface area contributed by atoms with Crippen molar-refractivity contribution in [1.29, 1.82) is 0 Å². The van der Waals surface area contributed by atoms with Gasteiger partial charge in [-0.3, -0.25) is 9.85 Å². The summed E-state index contributed by atoms with van der Waals surface area (Å²) in [4.78, 5) is 34.0. The molecule has 2 fully saturated rings. The highest BCUT2D eigenvalue weighted by molar-refractivity contribution is 6.30. The highest BCUT2D eigenvalue weighted by Crippen LogP contribution is 2.36. The third kappa shape index (κ3) is 8.21. The molecule has 2 saturated heterocycles. The molecule has 2 aliphatic heterocycles. The quantitative estimate of drug-likeness (QED) is 0.413. The number of nitrogens with zero attached hydrogens (tertiary/aromatic N) is 3. The van der Waals surface area contributed by atoms with Crippen molar-refractivity contribution in [3.8, 4) is 0 Å². The number of amides is 3. The predicted molar refractivity (Wildman–Crippen MR) is 143 cm³/mol. The second-order valence-electron chi connectivity index (χ2n) is 9.92. The summed E-state index contributed by atoms with van der Waals surface area (Å²) in [7, 11) is 3.13. The number of hydroxylamine groups is 2. The van der Waals surface area contributed by atoms with Crippen molar-refractivity contribution >= 4 is 23.7 Å². The molecule has 0 spiro atoms. The second-order valence-corrected chi connectivity index (χ2v) is 10.4. The van der Waals surface area contributed by atoms with Crippen molar-refractivity contribution in [3.63, 3.8) is 0 Å². The van der Waals surface area contributed by atoms with Crippen molar-refractivity contribution < 1.29 is 23.9 Å². The van der Waals surface area contributed by atoms with Crippen LogP contribution in [0.2, 0.25) is 5.02 Å². The van der Waals surface area contributed by atoms with Crippen molar-refractivity contribution in [2.24, 2.45) is 11.8 Å². The minimum Gasteiger partial charge on any atom is -0.451 e. The number of nitrogens with one attached hydrogen (secondary N) is 1. The van der Waals surface area contributed by atoms with Gasteiger partial charge in [-0.05, 0) is 81.5 Å². The van der Waals surface area contributed by atoms with Crippen LogP contribution in [0.25, 0.3) is 0 Å². The number of ether oxygens (including phenoxy) is 2. The van der Waals surface area contributed by atoms with E-state index in [1.54, 1.807) is 12.1 Å². The molecule has 1 aromatic rings. The number of hydrogen-bond donors (Lipinski definition) is 1. The number of carbonyl (C=O) groups is 2. The van der Waals surface area contributed by atoms with E-state index in [0.717, 1.165) is 56.4 Å². The van der Waals surface area contributed by atoms with Gasteiger partial charge < -0.3 is 14.4 Å². The SMILES string of the molecule is CCN(O[C@H](c1cc(Cl)ccc1C)C1CCCN(C(=O)N(CCCC2CCCOC2)NC)C1)C(=O)OC. The van der Waals surface area contributed by atoms with Crippen LogP contribution in [0.15, 0.2) is 18.2 Å². The number of halogens is 1. The Morgan fingerprint density at radius 3 is 2.78 bits per heavy atom. The molecule has 2 heterocycles. The third-order valence-electron chi connectivity index (χ3n) is 7.36. The van der Waals surface area contributed by atoms with E-state index < -0.39 is 12.2 Å². The van der Waals surface area contributed by atoms with E-state index in [9.17, 15) is 9.59 Å². The number of likely N-dealkylation sites (tertiary alicyclic amines) is 1. The first-order valence-electron chi connectivity index (χ1n) is 13.5. The van der Waals surface area contributed by atoms with Crippen molar-refractivity contribution in [2.75, 3.05) is 53.6 Å². The van der Waals surface area contributed by atoms with Crippen LogP contribution < -0.4 is 5.43 Å². The molecule has 0 aliphatic carbocycles. The number of urea groups is 1. The molecule has 0 saturated carbocycles. The van der Waals surface area contributed by atoms with Crippen LogP contribution in [0.4, 0.5) is 9.59 Å². The maximum atomic E-state index is 13.5. The summed E-state index contributed by atoms with van der Waals surface area (Å²) in [6, 6.07) is 5.65. The van der Waals surface area contributed by atoms with Crippen molar-refractivity contribution in [3.05, 3.63) is 34.3 Å². The minimum atomic E-state index is -0.555. The first-order chi connectivity index (χ1) is 17.9. The number of piperidine rings is 1. The molecule has 1 aromatic carbocycles. The molecule has 37 heavy (non-hydrogen) atoms. The number of benzene rings is 1. The van der Waals surface area contributed by atoms with Crippen LogP contribution in [0.3, 0.4) is 0 Å². The lowest BCUT2D eigenvalue weighted by atomic mass is 9.87. The molecular weight excluding hydrogens is 496 g/mol. The summed E-state index contributed by atoms with van der Waals surface area (Å²) < 4.78 is 10.5. The molecule has 0 bridgehead atoms. The van der Waals surface area contributed by atoms with Gasteiger partial charge in [-0.1, -0.05) is 17.7 Å². The first-order valence-corrected chi connectivity index (χ1v) is 13.9.